The molecule has 1 atom stereocenters. The molecule has 1 aliphatic heterocycles. The summed E-state index contributed by atoms with van der Waals surface area (Å²) in [4.78, 5) is 13.7. The Balaban J connectivity index is 1.92. The molecule has 4 heteroatoms. The largest absolute Gasteiger partial charge is 0.480 e. The lowest BCUT2D eigenvalue weighted by Gasteiger charge is -2.33. The maximum absolute atomic E-state index is 13.4. The van der Waals surface area contributed by atoms with Gasteiger partial charge in [0.1, 0.15) is 11.9 Å². The van der Waals surface area contributed by atoms with Gasteiger partial charge >= 0.3 is 5.97 Å². The summed E-state index contributed by atoms with van der Waals surface area (Å²) in [5, 5.41) is 9.65. The molecule has 3 nitrogen and oxygen atoms in total. The highest BCUT2D eigenvalue weighted by molar-refractivity contribution is 5.75. The van der Waals surface area contributed by atoms with Crippen molar-refractivity contribution >= 4 is 5.97 Å². The van der Waals surface area contributed by atoms with Gasteiger partial charge in [0.2, 0.25) is 0 Å². The Morgan fingerprint density at radius 3 is 2.64 bits per heavy atom. The Morgan fingerprint density at radius 2 is 1.95 bits per heavy atom. The minimum absolute atomic E-state index is 0.308. The topological polar surface area (TPSA) is 40.5 Å². The summed E-state index contributed by atoms with van der Waals surface area (Å²) in [7, 11) is 0. The van der Waals surface area contributed by atoms with Crippen LogP contribution in [0.2, 0.25) is 0 Å². The summed E-state index contributed by atoms with van der Waals surface area (Å²) < 4.78 is 13.4. The summed E-state index contributed by atoms with van der Waals surface area (Å²) in [5.74, 6) is -1.21. The van der Waals surface area contributed by atoms with Crippen LogP contribution in [0, 0.1) is 12.7 Å². The lowest BCUT2D eigenvalue weighted by Crippen LogP contribution is -2.38. The molecule has 1 heterocycles. The van der Waals surface area contributed by atoms with E-state index < -0.39 is 12.0 Å². The van der Waals surface area contributed by atoms with Crippen LogP contribution in [0.15, 0.2) is 42.5 Å². The van der Waals surface area contributed by atoms with Crippen molar-refractivity contribution in [1.29, 1.82) is 0 Å². The van der Waals surface area contributed by atoms with Gasteiger partial charge in [-0.15, -0.1) is 0 Å². The number of hydrogen-bond acceptors (Lipinski definition) is 2. The number of aryl methyl sites for hydroxylation is 1. The monoisotopic (exact) mass is 299 g/mol. The number of benzene rings is 2. The van der Waals surface area contributed by atoms with Gasteiger partial charge in [-0.25, -0.2) is 4.39 Å². The average molecular weight is 299 g/mol. The molecule has 2 aromatic carbocycles. The number of carbonyl (C=O) groups is 1. The van der Waals surface area contributed by atoms with Crippen LogP contribution in [0.25, 0.3) is 0 Å². The molecule has 2 aromatic rings. The summed E-state index contributed by atoms with van der Waals surface area (Å²) in [5.41, 5.74) is 3.55. The second-order valence-electron chi connectivity index (χ2n) is 5.74. The zero-order valence-corrected chi connectivity index (χ0v) is 12.4. The van der Waals surface area contributed by atoms with Gasteiger partial charge in [-0.2, -0.15) is 0 Å². The van der Waals surface area contributed by atoms with E-state index in [4.69, 9.17) is 0 Å². The molecule has 1 unspecified atom stereocenters. The molecule has 0 bridgehead atoms. The van der Waals surface area contributed by atoms with Crippen LogP contribution in [0.1, 0.15) is 28.3 Å². The smallest absolute Gasteiger partial charge is 0.325 e. The molecule has 0 saturated heterocycles. The van der Waals surface area contributed by atoms with E-state index in [1.54, 1.807) is 19.1 Å². The van der Waals surface area contributed by atoms with E-state index in [-0.39, 0.29) is 5.82 Å². The third kappa shape index (κ3) is 2.74. The molecule has 0 spiro atoms. The number of rotatable bonds is 3. The highest BCUT2D eigenvalue weighted by Crippen LogP contribution is 2.29. The maximum atomic E-state index is 13.4. The first-order valence-electron chi connectivity index (χ1n) is 7.36. The van der Waals surface area contributed by atoms with E-state index in [1.807, 2.05) is 23.1 Å². The van der Waals surface area contributed by atoms with Crippen molar-refractivity contribution in [3.05, 3.63) is 70.5 Å². The fraction of sp³-hybridized carbons (Fsp3) is 0.278. The molecular weight excluding hydrogens is 281 g/mol. The van der Waals surface area contributed by atoms with E-state index in [9.17, 15) is 14.3 Å². The number of carboxylic acids is 1. The summed E-state index contributed by atoms with van der Waals surface area (Å²) in [6.07, 6.45) is 0.833. The Morgan fingerprint density at radius 1 is 1.23 bits per heavy atom. The van der Waals surface area contributed by atoms with Crippen LogP contribution in [0.4, 0.5) is 4.39 Å². The quantitative estimate of drug-likeness (QED) is 0.945. The van der Waals surface area contributed by atoms with Gasteiger partial charge in [0.05, 0.1) is 0 Å². The summed E-state index contributed by atoms with van der Waals surface area (Å²) >= 11 is 0. The minimum Gasteiger partial charge on any atom is -0.480 e. The number of carboxylic acid groups (broad SMARTS) is 1. The van der Waals surface area contributed by atoms with E-state index in [1.165, 1.54) is 17.2 Å². The Labute approximate surface area is 129 Å². The van der Waals surface area contributed by atoms with Gasteiger partial charge in [-0.3, -0.25) is 9.69 Å². The number of nitrogens with zero attached hydrogens (tertiary/aromatic N) is 1. The first kappa shape index (κ1) is 14.7. The zero-order valence-electron chi connectivity index (χ0n) is 12.4. The molecular formula is C18H18FNO2. The second kappa shape index (κ2) is 5.89. The molecule has 0 radical (unpaired) electrons. The lowest BCUT2D eigenvalue weighted by atomic mass is 9.96. The third-order valence-corrected chi connectivity index (χ3v) is 4.26. The molecule has 22 heavy (non-hydrogen) atoms. The van der Waals surface area contributed by atoms with Crippen LogP contribution in [-0.4, -0.2) is 22.5 Å². The fourth-order valence-electron chi connectivity index (χ4n) is 3.09. The van der Waals surface area contributed by atoms with Crippen LogP contribution in [-0.2, 0) is 17.8 Å². The molecule has 1 N–H and O–H groups in total. The highest BCUT2D eigenvalue weighted by atomic mass is 19.1. The van der Waals surface area contributed by atoms with Crippen molar-refractivity contribution in [3.63, 3.8) is 0 Å². The highest BCUT2D eigenvalue weighted by Gasteiger charge is 2.30. The number of fused-ring (bicyclic) bond motifs is 1. The van der Waals surface area contributed by atoms with Gasteiger partial charge in [0.25, 0.3) is 0 Å². The van der Waals surface area contributed by atoms with Gasteiger partial charge < -0.3 is 5.11 Å². The Hall–Kier alpha value is -2.20. The molecule has 0 aliphatic carbocycles. The fourth-order valence-corrected chi connectivity index (χ4v) is 3.09. The first-order chi connectivity index (χ1) is 10.6. The number of halogens is 1. The van der Waals surface area contributed by atoms with Gasteiger partial charge in [0, 0.05) is 13.1 Å². The Bertz CT molecular complexity index is 714. The predicted octanol–water partition coefficient (Wildman–Crippen LogP) is 3.32. The van der Waals surface area contributed by atoms with Crippen molar-refractivity contribution in [1.82, 2.24) is 4.90 Å². The lowest BCUT2D eigenvalue weighted by molar-refractivity contribution is -0.144. The van der Waals surface area contributed by atoms with Crippen LogP contribution < -0.4 is 0 Å². The molecule has 0 amide bonds. The van der Waals surface area contributed by atoms with Crippen LogP contribution >= 0.6 is 0 Å². The third-order valence-electron chi connectivity index (χ3n) is 4.26. The minimum atomic E-state index is -0.898. The zero-order chi connectivity index (χ0) is 15.7. The van der Waals surface area contributed by atoms with Crippen LogP contribution in [0.3, 0.4) is 0 Å². The van der Waals surface area contributed by atoms with Gasteiger partial charge in [0.15, 0.2) is 0 Å². The number of aliphatic carboxylic acids is 1. The van der Waals surface area contributed by atoms with Gasteiger partial charge in [-0.1, -0.05) is 36.4 Å². The van der Waals surface area contributed by atoms with E-state index >= 15 is 0 Å². The number of hydrogen-bond donors (Lipinski definition) is 1. The average Bonchev–Trinajstić information content (AvgIpc) is 2.50. The first-order valence-corrected chi connectivity index (χ1v) is 7.36. The van der Waals surface area contributed by atoms with Crippen LogP contribution in [0.5, 0.6) is 0 Å². The van der Waals surface area contributed by atoms with Crippen molar-refractivity contribution in [2.45, 2.75) is 25.9 Å². The molecule has 114 valence electrons. The standard InChI is InChI=1S/C18H18FNO2/c1-12-10-14(6-7-16(12)19)17(18(21)22)20-9-8-13-4-2-3-5-15(13)11-20/h2-7,10,17H,8-9,11H2,1H3,(H,21,22). The molecule has 1 aliphatic rings. The SMILES string of the molecule is Cc1cc(C(C(=O)O)N2CCc3ccccc3C2)ccc1F. The van der Waals surface area contributed by atoms with Crippen molar-refractivity contribution in [2.24, 2.45) is 0 Å². The van der Waals surface area contributed by atoms with Crippen molar-refractivity contribution in [2.75, 3.05) is 6.54 Å². The van der Waals surface area contributed by atoms with Crippen molar-refractivity contribution < 1.29 is 14.3 Å². The van der Waals surface area contributed by atoms with E-state index in [0.29, 0.717) is 24.2 Å². The van der Waals surface area contributed by atoms with Crippen molar-refractivity contribution in [3.8, 4) is 0 Å². The molecule has 0 aromatic heterocycles. The van der Waals surface area contributed by atoms with E-state index in [0.717, 1.165) is 6.42 Å². The normalized spacial score (nSPS) is 16.1. The summed E-state index contributed by atoms with van der Waals surface area (Å²) in [6.45, 7) is 2.94. The predicted molar refractivity (Wildman–Crippen MR) is 82.1 cm³/mol. The molecule has 0 fully saturated rings. The second-order valence-corrected chi connectivity index (χ2v) is 5.74. The Kier molecular flexibility index (Phi) is 3.94. The molecule has 3 rings (SSSR count). The molecule has 0 saturated carbocycles. The maximum Gasteiger partial charge on any atom is 0.325 e. The van der Waals surface area contributed by atoms with E-state index in [2.05, 4.69) is 6.07 Å². The summed E-state index contributed by atoms with van der Waals surface area (Å²) in [6, 6.07) is 11.9. The van der Waals surface area contributed by atoms with Gasteiger partial charge in [-0.05, 0) is 41.7 Å².